The van der Waals surface area contributed by atoms with Crippen LogP contribution in [-0.4, -0.2) is 18.0 Å². The Balaban J connectivity index is 1.48. The van der Waals surface area contributed by atoms with Crippen LogP contribution >= 0.6 is 23.2 Å². The number of carbonyl (C=O) groups excluding carboxylic acids is 2. The lowest BCUT2D eigenvalue weighted by atomic mass is 10.2. The smallest absolute Gasteiger partial charge is 0.329 e. The number of hydrogen-bond acceptors (Lipinski definition) is 4. The quantitative estimate of drug-likeness (QED) is 0.331. The van der Waals surface area contributed by atoms with Crippen molar-refractivity contribution in [3.8, 4) is 5.75 Å². The lowest BCUT2D eigenvalue weighted by molar-refractivity contribution is -0.136. The highest BCUT2D eigenvalue weighted by Crippen LogP contribution is 2.20. The van der Waals surface area contributed by atoms with Crippen molar-refractivity contribution in [2.24, 2.45) is 5.10 Å². The molecule has 0 saturated carbocycles. The number of halogens is 2. The molecule has 152 valence electrons. The number of benzene rings is 3. The summed E-state index contributed by atoms with van der Waals surface area (Å²) in [7, 11) is 0. The number of carbonyl (C=O) groups is 2. The first-order valence-electron chi connectivity index (χ1n) is 8.87. The fourth-order valence-electron chi connectivity index (χ4n) is 2.40. The summed E-state index contributed by atoms with van der Waals surface area (Å²) in [5.41, 5.74) is 4.20. The molecule has 0 aliphatic carbocycles. The zero-order valence-corrected chi connectivity index (χ0v) is 17.2. The largest absolute Gasteiger partial charge is 0.489 e. The molecule has 3 rings (SSSR count). The molecule has 0 aliphatic heterocycles. The highest BCUT2D eigenvalue weighted by Gasteiger charge is 2.14. The van der Waals surface area contributed by atoms with E-state index >= 15 is 0 Å². The molecular formula is C22H17Cl2N3O3. The van der Waals surface area contributed by atoms with E-state index < -0.39 is 11.8 Å². The standard InChI is InChI=1S/C22H17Cl2N3O3/c23-17-5-3-4-16(12-17)14-30-18-10-8-15(9-11-18)13-25-27-22(29)21(28)26-20-7-2-1-6-19(20)24/h1-13H,14H2,(H,26,28)(H,27,29). The van der Waals surface area contributed by atoms with Gasteiger partial charge < -0.3 is 10.1 Å². The maximum Gasteiger partial charge on any atom is 0.329 e. The molecule has 0 heterocycles. The van der Waals surface area contributed by atoms with Gasteiger partial charge in [0.25, 0.3) is 0 Å². The van der Waals surface area contributed by atoms with Crippen molar-refractivity contribution >= 4 is 46.9 Å². The minimum atomic E-state index is -0.910. The van der Waals surface area contributed by atoms with Crippen molar-refractivity contribution in [3.63, 3.8) is 0 Å². The molecule has 0 spiro atoms. The molecule has 8 heteroatoms. The summed E-state index contributed by atoms with van der Waals surface area (Å²) >= 11 is 11.9. The summed E-state index contributed by atoms with van der Waals surface area (Å²) in [4.78, 5) is 23.7. The topological polar surface area (TPSA) is 79.8 Å². The van der Waals surface area contributed by atoms with E-state index in [-0.39, 0.29) is 0 Å². The zero-order valence-electron chi connectivity index (χ0n) is 15.6. The van der Waals surface area contributed by atoms with Crippen molar-refractivity contribution in [1.82, 2.24) is 5.43 Å². The Kier molecular flexibility index (Phi) is 7.43. The van der Waals surface area contributed by atoms with Crippen LogP contribution in [0.15, 0.2) is 77.9 Å². The highest BCUT2D eigenvalue weighted by molar-refractivity contribution is 6.41. The molecule has 2 amide bonds. The van der Waals surface area contributed by atoms with E-state index in [1.165, 1.54) is 6.21 Å². The minimum absolute atomic E-state index is 0.333. The molecule has 0 fully saturated rings. The van der Waals surface area contributed by atoms with Crippen molar-refractivity contribution < 1.29 is 14.3 Å². The predicted molar refractivity (Wildman–Crippen MR) is 118 cm³/mol. The van der Waals surface area contributed by atoms with Gasteiger partial charge in [0.2, 0.25) is 0 Å². The molecule has 0 aromatic heterocycles. The van der Waals surface area contributed by atoms with Gasteiger partial charge in [0.1, 0.15) is 12.4 Å². The molecular weight excluding hydrogens is 425 g/mol. The van der Waals surface area contributed by atoms with Crippen LogP contribution in [0, 0.1) is 0 Å². The molecule has 3 aromatic rings. The van der Waals surface area contributed by atoms with Gasteiger partial charge in [0.05, 0.1) is 16.9 Å². The van der Waals surface area contributed by atoms with E-state index in [9.17, 15) is 9.59 Å². The number of ether oxygens (including phenoxy) is 1. The molecule has 6 nitrogen and oxygen atoms in total. The number of amides is 2. The van der Waals surface area contributed by atoms with Gasteiger partial charge in [-0.05, 0) is 59.7 Å². The number of anilines is 1. The summed E-state index contributed by atoms with van der Waals surface area (Å²) in [6.07, 6.45) is 1.42. The van der Waals surface area contributed by atoms with Crippen LogP contribution in [0.3, 0.4) is 0 Å². The minimum Gasteiger partial charge on any atom is -0.489 e. The van der Waals surface area contributed by atoms with Gasteiger partial charge >= 0.3 is 11.8 Å². The third-order valence-corrected chi connectivity index (χ3v) is 4.45. The second-order valence-corrected chi connectivity index (χ2v) is 6.96. The van der Waals surface area contributed by atoms with E-state index in [0.29, 0.717) is 28.1 Å². The molecule has 0 aliphatic rings. The van der Waals surface area contributed by atoms with Crippen LogP contribution in [0.25, 0.3) is 0 Å². The molecule has 3 aromatic carbocycles. The van der Waals surface area contributed by atoms with E-state index in [4.69, 9.17) is 27.9 Å². The Bertz CT molecular complexity index is 1070. The highest BCUT2D eigenvalue weighted by atomic mass is 35.5. The molecule has 0 atom stereocenters. The van der Waals surface area contributed by atoms with Crippen LogP contribution < -0.4 is 15.5 Å². The fourth-order valence-corrected chi connectivity index (χ4v) is 2.80. The Morgan fingerprint density at radius 3 is 2.43 bits per heavy atom. The number of para-hydroxylation sites is 1. The summed E-state index contributed by atoms with van der Waals surface area (Å²) in [5, 5.41) is 7.19. The number of rotatable bonds is 6. The van der Waals surface area contributed by atoms with Crippen molar-refractivity contribution in [1.29, 1.82) is 0 Å². The van der Waals surface area contributed by atoms with Crippen LogP contribution in [0.2, 0.25) is 10.0 Å². The SMILES string of the molecule is O=C(NN=Cc1ccc(OCc2cccc(Cl)c2)cc1)C(=O)Nc1ccccc1Cl. The van der Waals surface area contributed by atoms with Crippen molar-refractivity contribution in [3.05, 3.63) is 94.0 Å². The number of nitrogens with zero attached hydrogens (tertiary/aromatic N) is 1. The molecule has 0 bridgehead atoms. The predicted octanol–water partition coefficient (Wildman–Crippen LogP) is 4.66. The maximum absolute atomic E-state index is 11.9. The summed E-state index contributed by atoms with van der Waals surface area (Å²) in [6.45, 7) is 0.393. The van der Waals surface area contributed by atoms with Crippen LogP contribution in [0.5, 0.6) is 5.75 Å². The van der Waals surface area contributed by atoms with Gasteiger partial charge in [0.15, 0.2) is 0 Å². The molecule has 2 N–H and O–H groups in total. The lowest BCUT2D eigenvalue weighted by Crippen LogP contribution is -2.32. The zero-order chi connectivity index (χ0) is 21.3. The second-order valence-electron chi connectivity index (χ2n) is 6.12. The molecule has 0 saturated heterocycles. The Labute approximate surface area is 183 Å². The van der Waals surface area contributed by atoms with Gasteiger partial charge in [-0.15, -0.1) is 0 Å². The first-order valence-corrected chi connectivity index (χ1v) is 9.63. The maximum atomic E-state index is 11.9. The van der Waals surface area contributed by atoms with Gasteiger partial charge in [0, 0.05) is 5.02 Å². The Hall–Kier alpha value is -3.35. The monoisotopic (exact) mass is 441 g/mol. The number of hydrazone groups is 1. The van der Waals surface area contributed by atoms with Crippen LogP contribution in [0.4, 0.5) is 5.69 Å². The first-order chi connectivity index (χ1) is 14.5. The number of hydrogen-bond donors (Lipinski definition) is 2. The summed E-state index contributed by atoms with van der Waals surface area (Å²) < 4.78 is 5.71. The van der Waals surface area contributed by atoms with Crippen LogP contribution in [-0.2, 0) is 16.2 Å². The van der Waals surface area contributed by atoms with E-state index in [0.717, 1.165) is 11.1 Å². The van der Waals surface area contributed by atoms with Gasteiger partial charge in [-0.25, -0.2) is 5.43 Å². The second kappa shape index (κ2) is 10.4. The lowest BCUT2D eigenvalue weighted by Gasteiger charge is -2.07. The normalized spacial score (nSPS) is 10.6. The molecule has 0 radical (unpaired) electrons. The van der Waals surface area contributed by atoms with E-state index in [1.54, 1.807) is 54.6 Å². The average molecular weight is 442 g/mol. The summed E-state index contributed by atoms with van der Waals surface area (Å²) in [5.74, 6) is -1.10. The molecule has 30 heavy (non-hydrogen) atoms. The third-order valence-electron chi connectivity index (χ3n) is 3.88. The van der Waals surface area contributed by atoms with Crippen LogP contribution in [0.1, 0.15) is 11.1 Å². The Morgan fingerprint density at radius 2 is 1.70 bits per heavy atom. The Morgan fingerprint density at radius 1 is 0.933 bits per heavy atom. The average Bonchev–Trinajstić information content (AvgIpc) is 2.75. The number of nitrogens with one attached hydrogen (secondary N) is 2. The van der Waals surface area contributed by atoms with Crippen molar-refractivity contribution in [2.75, 3.05) is 5.32 Å². The van der Waals surface area contributed by atoms with Crippen molar-refractivity contribution in [2.45, 2.75) is 6.61 Å². The molecule has 0 unspecified atom stereocenters. The first kappa shape index (κ1) is 21.4. The van der Waals surface area contributed by atoms with E-state index in [2.05, 4.69) is 15.8 Å². The van der Waals surface area contributed by atoms with Gasteiger partial charge in [-0.2, -0.15) is 5.10 Å². The summed E-state index contributed by atoms with van der Waals surface area (Å²) in [6, 6.07) is 21.1. The van der Waals surface area contributed by atoms with Gasteiger partial charge in [-0.3, -0.25) is 9.59 Å². The third kappa shape index (κ3) is 6.34. The fraction of sp³-hybridized carbons (Fsp3) is 0.0455. The van der Waals surface area contributed by atoms with Gasteiger partial charge in [-0.1, -0.05) is 47.5 Å². The van der Waals surface area contributed by atoms with E-state index in [1.807, 2.05) is 18.2 Å².